The van der Waals surface area contributed by atoms with Crippen LogP contribution in [0.4, 0.5) is 0 Å². The first kappa shape index (κ1) is 15.1. The van der Waals surface area contributed by atoms with Gasteiger partial charge in [0.05, 0.1) is 18.3 Å². The summed E-state index contributed by atoms with van der Waals surface area (Å²) in [5.74, 6) is 3.45. The predicted molar refractivity (Wildman–Crippen MR) is 88.6 cm³/mol. The molecule has 0 aliphatic carbocycles. The Hall–Kier alpha value is -1.82. The van der Waals surface area contributed by atoms with Crippen molar-refractivity contribution in [1.82, 2.24) is 19.7 Å². The lowest BCUT2D eigenvalue weighted by molar-refractivity contribution is -0.130. The highest BCUT2D eigenvalue weighted by atomic mass is 32.2. The highest BCUT2D eigenvalue weighted by Crippen LogP contribution is 2.27. The standard InChI is InChI=1S/C16H20N4OS/c1-3-22-11-15(21)19-9-12(2)20-14(10-19)17-18-16(20)13-7-5-4-6-8-13/h4-8,12H,3,9-11H2,1-2H3/t12-/m0/s1. The molecule has 0 saturated heterocycles. The fourth-order valence-corrected chi connectivity index (χ4v) is 3.35. The Balaban J connectivity index is 1.84. The van der Waals surface area contributed by atoms with Crippen molar-refractivity contribution in [2.45, 2.75) is 26.4 Å². The Bertz CT molecular complexity index is 655. The van der Waals surface area contributed by atoms with Crippen LogP contribution in [0.15, 0.2) is 30.3 Å². The minimum atomic E-state index is 0.185. The van der Waals surface area contributed by atoms with E-state index in [9.17, 15) is 4.79 Å². The van der Waals surface area contributed by atoms with Crippen molar-refractivity contribution in [2.24, 2.45) is 0 Å². The van der Waals surface area contributed by atoms with Crippen LogP contribution in [0.1, 0.15) is 25.7 Å². The molecule has 0 radical (unpaired) electrons. The second-order valence-electron chi connectivity index (χ2n) is 5.44. The van der Waals surface area contributed by atoms with E-state index in [1.165, 1.54) is 0 Å². The molecule has 1 atom stereocenters. The maximum absolute atomic E-state index is 12.2. The van der Waals surface area contributed by atoms with Gasteiger partial charge >= 0.3 is 0 Å². The molecule has 0 N–H and O–H groups in total. The van der Waals surface area contributed by atoms with Gasteiger partial charge in [-0.25, -0.2) is 0 Å². The summed E-state index contributed by atoms with van der Waals surface area (Å²) in [6.07, 6.45) is 0. The zero-order chi connectivity index (χ0) is 15.5. The third-order valence-corrected chi connectivity index (χ3v) is 4.70. The number of thioether (sulfide) groups is 1. The molecule has 1 aliphatic heterocycles. The third-order valence-electron chi connectivity index (χ3n) is 3.84. The largest absolute Gasteiger partial charge is 0.332 e. The molecule has 1 aromatic heterocycles. The molecule has 0 bridgehead atoms. The molecule has 22 heavy (non-hydrogen) atoms. The topological polar surface area (TPSA) is 51.0 Å². The minimum absolute atomic E-state index is 0.185. The van der Waals surface area contributed by atoms with Crippen LogP contribution < -0.4 is 0 Å². The molecule has 0 saturated carbocycles. The predicted octanol–water partition coefficient (Wildman–Crippen LogP) is 2.60. The first-order valence-electron chi connectivity index (χ1n) is 7.55. The Morgan fingerprint density at radius 1 is 1.32 bits per heavy atom. The number of benzene rings is 1. The van der Waals surface area contributed by atoms with Gasteiger partial charge in [0.2, 0.25) is 5.91 Å². The fourth-order valence-electron chi connectivity index (χ4n) is 2.79. The maximum Gasteiger partial charge on any atom is 0.233 e. The number of fused-ring (bicyclic) bond motifs is 1. The Labute approximate surface area is 134 Å². The van der Waals surface area contributed by atoms with Crippen LogP contribution in [0.2, 0.25) is 0 Å². The quantitative estimate of drug-likeness (QED) is 0.870. The highest BCUT2D eigenvalue weighted by Gasteiger charge is 2.29. The number of hydrogen-bond acceptors (Lipinski definition) is 4. The number of amides is 1. The third kappa shape index (κ3) is 2.88. The van der Waals surface area contributed by atoms with Crippen molar-refractivity contribution in [3.8, 4) is 11.4 Å². The van der Waals surface area contributed by atoms with E-state index in [-0.39, 0.29) is 11.9 Å². The molecule has 0 spiro atoms. The van der Waals surface area contributed by atoms with Crippen molar-refractivity contribution in [3.05, 3.63) is 36.2 Å². The smallest absolute Gasteiger partial charge is 0.233 e. The van der Waals surface area contributed by atoms with E-state index in [1.807, 2.05) is 35.2 Å². The summed E-state index contributed by atoms with van der Waals surface area (Å²) in [6, 6.07) is 10.3. The van der Waals surface area contributed by atoms with Crippen molar-refractivity contribution in [3.63, 3.8) is 0 Å². The van der Waals surface area contributed by atoms with E-state index in [0.717, 1.165) is 23.0 Å². The maximum atomic E-state index is 12.2. The van der Waals surface area contributed by atoms with Gasteiger partial charge in [0.15, 0.2) is 11.6 Å². The van der Waals surface area contributed by atoms with Crippen LogP contribution in [-0.2, 0) is 11.3 Å². The summed E-state index contributed by atoms with van der Waals surface area (Å²) in [7, 11) is 0. The molecule has 5 nitrogen and oxygen atoms in total. The number of carbonyl (C=O) groups is 1. The molecular weight excluding hydrogens is 296 g/mol. The summed E-state index contributed by atoms with van der Waals surface area (Å²) in [6.45, 7) is 5.45. The second-order valence-corrected chi connectivity index (χ2v) is 6.71. The van der Waals surface area contributed by atoms with E-state index < -0.39 is 0 Å². The van der Waals surface area contributed by atoms with Gasteiger partial charge in [0.1, 0.15) is 0 Å². The van der Waals surface area contributed by atoms with Crippen LogP contribution in [0, 0.1) is 0 Å². The highest BCUT2D eigenvalue weighted by molar-refractivity contribution is 7.99. The summed E-state index contributed by atoms with van der Waals surface area (Å²) >= 11 is 1.66. The number of carbonyl (C=O) groups excluding carboxylic acids is 1. The lowest BCUT2D eigenvalue weighted by atomic mass is 10.1. The summed E-state index contributed by atoms with van der Waals surface area (Å²) < 4.78 is 2.16. The van der Waals surface area contributed by atoms with Crippen LogP contribution >= 0.6 is 11.8 Å². The van der Waals surface area contributed by atoms with Gasteiger partial charge in [-0.05, 0) is 12.7 Å². The molecule has 0 fully saturated rings. The zero-order valence-electron chi connectivity index (χ0n) is 12.9. The van der Waals surface area contributed by atoms with Gasteiger partial charge < -0.3 is 9.47 Å². The molecule has 2 heterocycles. The molecule has 116 valence electrons. The Kier molecular flexibility index (Phi) is 4.47. The number of nitrogens with zero attached hydrogens (tertiary/aromatic N) is 4. The van der Waals surface area contributed by atoms with E-state index in [1.54, 1.807) is 11.8 Å². The van der Waals surface area contributed by atoms with Crippen molar-refractivity contribution in [1.29, 1.82) is 0 Å². The van der Waals surface area contributed by atoms with Crippen molar-refractivity contribution in [2.75, 3.05) is 18.1 Å². The zero-order valence-corrected chi connectivity index (χ0v) is 13.7. The fraction of sp³-hybridized carbons (Fsp3) is 0.438. The van der Waals surface area contributed by atoms with Gasteiger partial charge in [0, 0.05) is 12.1 Å². The SMILES string of the molecule is CCSCC(=O)N1Cc2nnc(-c3ccccc3)n2[C@@H](C)C1. The molecule has 1 aliphatic rings. The normalized spacial score (nSPS) is 17.4. The van der Waals surface area contributed by atoms with E-state index >= 15 is 0 Å². The van der Waals surface area contributed by atoms with Crippen LogP contribution in [-0.4, -0.2) is 43.6 Å². The van der Waals surface area contributed by atoms with E-state index in [2.05, 4.69) is 28.6 Å². The molecule has 1 amide bonds. The van der Waals surface area contributed by atoms with Crippen LogP contribution in [0.3, 0.4) is 0 Å². The molecule has 3 rings (SSSR count). The molecule has 6 heteroatoms. The van der Waals surface area contributed by atoms with Crippen LogP contribution in [0.5, 0.6) is 0 Å². The summed E-state index contributed by atoms with van der Waals surface area (Å²) in [4.78, 5) is 14.1. The van der Waals surface area contributed by atoms with Gasteiger partial charge in [-0.3, -0.25) is 4.79 Å². The lowest BCUT2D eigenvalue weighted by Gasteiger charge is -2.32. The first-order valence-corrected chi connectivity index (χ1v) is 8.71. The summed E-state index contributed by atoms with van der Waals surface area (Å²) in [5.41, 5.74) is 1.06. The van der Waals surface area contributed by atoms with E-state index in [4.69, 9.17) is 0 Å². The molecule has 1 aromatic carbocycles. The lowest BCUT2D eigenvalue weighted by Crippen LogP contribution is -2.41. The van der Waals surface area contributed by atoms with Crippen LogP contribution in [0.25, 0.3) is 11.4 Å². The first-order chi connectivity index (χ1) is 10.7. The molecule has 0 unspecified atom stereocenters. The Morgan fingerprint density at radius 2 is 2.09 bits per heavy atom. The van der Waals surface area contributed by atoms with E-state index in [0.29, 0.717) is 18.8 Å². The Morgan fingerprint density at radius 3 is 2.82 bits per heavy atom. The summed E-state index contributed by atoms with van der Waals surface area (Å²) in [5, 5.41) is 8.65. The van der Waals surface area contributed by atoms with Gasteiger partial charge in [-0.15, -0.1) is 10.2 Å². The minimum Gasteiger partial charge on any atom is -0.332 e. The van der Waals surface area contributed by atoms with Crippen molar-refractivity contribution >= 4 is 17.7 Å². The number of rotatable bonds is 4. The van der Waals surface area contributed by atoms with Crippen molar-refractivity contribution < 1.29 is 4.79 Å². The molecule has 2 aromatic rings. The average molecular weight is 316 g/mol. The molecular formula is C16H20N4OS. The monoisotopic (exact) mass is 316 g/mol. The van der Waals surface area contributed by atoms with Gasteiger partial charge in [-0.2, -0.15) is 11.8 Å². The number of hydrogen-bond donors (Lipinski definition) is 0. The van der Waals surface area contributed by atoms with Gasteiger partial charge in [-0.1, -0.05) is 37.3 Å². The van der Waals surface area contributed by atoms with Gasteiger partial charge in [0.25, 0.3) is 0 Å². The number of aromatic nitrogens is 3. The second kappa shape index (κ2) is 6.52. The average Bonchev–Trinajstić information content (AvgIpc) is 2.98.